The van der Waals surface area contributed by atoms with Crippen LogP contribution in [0, 0.1) is 5.92 Å². The predicted molar refractivity (Wildman–Crippen MR) is 64.8 cm³/mol. The van der Waals surface area contributed by atoms with Crippen molar-refractivity contribution >= 4 is 12.0 Å². The summed E-state index contributed by atoms with van der Waals surface area (Å²) < 4.78 is 0. The summed E-state index contributed by atoms with van der Waals surface area (Å²) in [5, 5.41) is 11.5. The van der Waals surface area contributed by atoms with E-state index in [-0.39, 0.29) is 6.03 Å². The molecule has 1 aliphatic rings. The molecule has 5 heteroatoms. The Morgan fingerprint density at radius 2 is 2.29 bits per heavy atom. The summed E-state index contributed by atoms with van der Waals surface area (Å²) in [6.07, 6.45) is 3.49. The van der Waals surface area contributed by atoms with E-state index in [2.05, 4.69) is 11.4 Å². The minimum atomic E-state index is -0.823. The molecular weight excluding hydrogens is 220 g/mol. The first-order valence-corrected chi connectivity index (χ1v) is 5.92. The molecule has 0 spiro atoms. The monoisotopic (exact) mass is 240 g/mol. The Bertz CT molecular complexity index is 326. The van der Waals surface area contributed by atoms with Gasteiger partial charge in [0.25, 0.3) is 0 Å². The average molecular weight is 240 g/mol. The molecule has 17 heavy (non-hydrogen) atoms. The summed E-state index contributed by atoms with van der Waals surface area (Å²) in [5.41, 5.74) is 1.20. The first-order chi connectivity index (χ1) is 8.00. The van der Waals surface area contributed by atoms with E-state index in [9.17, 15) is 9.59 Å². The van der Waals surface area contributed by atoms with Crippen LogP contribution in [-0.2, 0) is 4.79 Å². The van der Waals surface area contributed by atoms with Crippen LogP contribution in [0.2, 0.25) is 0 Å². The maximum absolute atomic E-state index is 11.7. The van der Waals surface area contributed by atoms with Crippen molar-refractivity contribution in [1.29, 1.82) is 0 Å². The van der Waals surface area contributed by atoms with Crippen molar-refractivity contribution in [2.45, 2.75) is 26.7 Å². The molecular formula is C12H20N2O3. The van der Waals surface area contributed by atoms with E-state index < -0.39 is 11.9 Å². The number of nitrogens with one attached hydrogen (secondary N) is 1. The third-order valence-corrected chi connectivity index (χ3v) is 2.89. The molecule has 0 aliphatic carbocycles. The smallest absolute Gasteiger partial charge is 0.317 e. The van der Waals surface area contributed by atoms with Gasteiger partial charge in [-0.2, -0.15) is 0 Å². The third kappa shape index (κ3) is 4.46. The largest absolute Gasteiger partial charge is 0.481 e. The molecule has 1 rings (SSSR count). The highest BCUT2D eigenvalue weighted by atomic mass is 16.4. The van der Waals surface area contributed by atoms with Gasteiger partial charge >= 0.3 is 12.0 Å². The molecule has 5 nitrogen and oxygen atoms in total. The van der Waals surface area contributed by atoms with Gasteiger partial charge in [-0.1, -0.05) is 18.6 Å². The van der Waals surface area contributed by atoms with Gasteiger partial charge in [-0.15, -0.1) is 0 Å². The van der Waals surface area contributed by atoms with Crippen LogP contribution in [-0.4, -0.2) is 41.6 Å². The van der Waals surface area contributed by atoms with Crippen LogP contribution in [0.1, 0.15) is 26.7 Å². The fourth-order valence-corrected chi connectivity index (χ4v) is 1.72. The molecule has 2 N–H and O–H groups in total. The average Bonchev–Trinajstić information content (AvgIpc) is 2.28. The van der Waals surface area contributed by atoms with E-state index in [0.717, 1.165) is 13.0 Å². The Hall–Kier alpha value is -1.52. The number of aliphatic carboxylic acids is 1. The summed E-state index contributed by atoms with van der Waals surface area (Å²) in [6, 6.07) is -0.102. The molecule has 0 saturated heterocycles. The van der Waals surface area contributed by atoms with Crippen LogP contribution in [0.25, 0.3) is 0 Å². The highest BCUT2D eigenvalue weighted by Gasteiger charge is 2.16. The van der Waals surface area contributed by atoms with Crippen molar-refractivity contribution in [2.24, 2.45) is 5.92 Å². The van der Waals surface area contributed by atoms with Gasteiger partial charge < -0.3 is 15.3 Å². The lowest BCUT2D eigenvalue weighted by Crippen LogP contribution is -2.43. The van der Waals surface area contributed by atoms with Crippen LogP contribution in [0.4, 0.5) is 4.79 Å². The first-order valence-electron chi connectivity index (χ1n) is 5.92. The molecule has 0 radical (unpaired) electrons. The minimum Gasteiger partial charge on any atom is -0.481 e. The van der Waals surface area contributed by atoms with E-state index in [4.69, 9.17) is 5.11 Å². The normalized spacial score (nSPS) is 17.3. The number of carboxylic acids is 1. The number of carbonyl (C=O) groups excluding carboxylic acids is 1. The van der Waals surface area contributed by atoms with Crippen molar-refractivity contribution in [3.05, 3.63) is 11.6 Å². The van der Waals surface area contributed by atoms with Crippen molar-refractivity contribution in [3.63, 3.8) is 0 Å². The molecule has 1 atom stereocenters. The van der Waals surface area contributed by atoms with Crippen molar-refractivity contribution in [1.82, 2.24) is 10.2 Å². The van der Waals surface area contributed by atoms with E-state index in [1.807, 2.05) is 6.92 Å². The maximum atomic E-state index is 11.7. The van der Waals surface area contributed by atoms with Crippen molar-refractivity contribution in [2.75, 3.05) is 19.6 Å². The number of carbonyl (C=O) groups is 2. The van der Waals surface area contributed by atoms with Crippen LogP contribution in [0.3, 0.4) is 0 Å². The van der Waals surface area contributed by atoms with Gasteiger partial charge in [-0.3, -0.25) is 4.79 Å². The SMILES string of the molecule is CC1=CCCN(C(=O)NCCC(C)C(=O)O)C1. The van der Waals surface area contributed by atoms with Crippen molar-refractivity contribution < 1.29 is 14.7 Å². The standard InChI is InChI=1S/C12H20N2O3/c1-9-4-3-7-14(8-9)12(17)13-6-5-10(2)11(15)16/h4,10H,3,5-8H2,1-2H3,(H,13,17)(H,15,16). The fourth-order valence-electron chi connectivity index (χ4n) is 1.72. The zero-order valence-electron chi connectivity index (χ0n) is 10.4. The first kappa shape index (κ1) is 13.5. The number of nitrogens with zero attached hydrogens (tertiary/aromatic N) is 1. The second kappa shape index (κ2) is 6.27. The van der Waals surface area contributed by atoms with Gasteiger partial charge in [0.15, 0.2) is 0 Å². The predicted octanol–water partition coefficient (Wildman–Crippen LogP) is 1.46. The van der Waals surface area contributed by atoms with Gasteiger partial charge in [-0.05, 0) is 19.8 Å². The fraction of sp³-hybridized carbons (Fsp3) is 0.667. The Morgan fingerprint density at radius 1 is 1.59 bits per heavy atom. The second-order valence-corrected chi connectivity index (χ2v) is 4.52. The van der Waals surface area contributed by atoms with Crippen LogP contribution >= 0.6 is 0 Å². The minimum absolute atomic E-state index is 0.102. The maximum Gasteiger partial charge on any atom is 0.317 e. The highest BCUT2D eigenvalue weighted by Crippen LogP contribution is 2.08. The number of urea groups is 1. The molecule has 0 aromatic heterocycles. The molecule has 2 amide bonds. The molecule has 0 fully saturated rings. The van der Waals surface area contributed by atoms with E-state index in [1.54, 1.807) is 11.8 Å². The molecule has 0 saturated carbocycles. The van der Waals surface area contributed by atoms with Gasteiger partial charge in [0.2, 0.25) is 0 Å². The molecule has 1 unspecified atom stereocenters. The molecule has 96 valence electrons. The molecule has 1 heterocycles. The number of carboxylic acid groups (broad SMARTS) is 1. The highest BCUT2D eigenvalue weighted by molar-refractivity contribution is 5.75. The van der Waals surface area contributed by atoms with Crippen LogP contribution < -0.4 is 5.32 Å². The van der Waals surface area contributed by atoms with E-state index >= 15 is 0 Å². The van der Waals surface area contributed by atoms with E-state index in [1.165, 1.54) is 5.57 Å². The summed E-state index contributed by atoms with van der Waals surface area (Å²) >= 11 is 0. The summed E-state index contributed by atoms with van der Waals surface area (Å²) in [6.45, 7) is 5.46. The van der Waals surface area contributed by atoms with Gasteiger partial charge in [0, 0.05) is 19.6 Å². The van der Waals surface area contributed by atoms with Crippen LogP contribution in [0.15, 0.2) is 11.6 Å². The number of hydrogen-bond acceptors (Lipinski definition) is 2. The Labute approximate surface area is 101 Å². The molecule has 0 aromatic rings. The van der Waals surface area contributed by atoms with E-state index in [0.29, 0.717) is 19.5 Å². The molecule has 0 bridgehead atoms. The van der Waals surface area contributed by atoms with Crippen LogP contribution in [0.5, 0.6) is 0 Å². The second-order valence-electron chi connectivity index (χ2n) is 4.52. The van der Waals surface area contributed by atoms with Gasteiger partial charge in [-0.25, -0.2) is 4.79 Å². The topological polar surface area (TPSA) is 69.6 Å². The molecule has 0 aromatic carbocycles. The third-order valence-electron chi connectivity index (χ3n) is 2.89. The number of amides is 2. The zero-order valence-corrected chi connectivity index (χ0v) is 10.4. The lowest BCUT2D eigenvalue weighted by molar-refractivity contribution is -0.141. The Kier molecular flexibility index (Phi) is 5.00. The Balaban J connectivity index is 2.26. The summed E-state index contributed by atoms with van der Waals surface area (Å²) in [7, 11) is 0. The lowest BCUT2D eigenvalue weighted by atomic mass is 10.1. The number of rotatable bonds is 4. The lowest BCUT2D eigenvalue weighted by Gasteiger charge is -2.26. The summed E-state index contributed by atoms with van der Waals surface area (Å²) in [4.78, 5) is 24.1. The molecule has 1 aliphatic heterocycles. The van der Waals surface area contributed by atoms with Crippen molar-refractivity contribution in [3.8, 4) is 0 Å². The Morgan fingerprint density at radius 3 is 2.88 bits per heavy atom. The zero-order chi connectivity index (χ0) is 12.8. The van der Waals surface area contributed by atoms with Gasteiger partial charge in [0.1, 0.15) is 0 Å². The summed E-state index contributed by atoms with van der Waals surface area (Å²) in [5.74, 6) is -1.24. The quantitative estimate of drug-likeness (QED) is 0.731. The van der Waals surface area contributed by atoms with Gasteiger partial charge in [0.05, 0.1) is 5.92 Å². The number of hydrogen-bond donors (Lipinski definition) is 2.